The second kappa shape index (κ2) is 2.65. The number of hydrogen-bond donors (Lipinski definition) is 1. The van der Waals surface area contributed by atoms with Gasteiger partial charge in [0.2, 0.25) is 0 Å². The first-order valence-electron chi connectivity index (χ1n) is 3.57. The van der Waals surface area contributed by atoms with E-state index in [1.807, 2.05) is 0 Å². The molecule has 2 heteroatoms. The molecule has 0 heterocycles. The van der Waals surface area contributed by atoms with Crippen molar-refractivity contribution in [3.05, 3.63) is 0 Å². The molecule has 0 radical (unpaired) electrons. The summed E-state index contributed by atoms with van der Waals surface area (Å²) in [7, 11) is 0. The Labute approximate surface area is 55.6 Å². The van der Waals surface area contributed by atoms with Gasteiger partial charge in [-0.05, 0) is 18.9 Å². The fraction of sp³-hybridized carbons (Fsp3) is 1.00. The summed E-state index contributed by atoms with van der Waals surface area (Å²) in [5.74, 6) is 0.637. The van der Waals surface area contributed by atoms with Crippen molar-refractivity contribution in [2.24, 2.45) is 5.92 Å². The molecule has 0 aromatic heterocycles. The van der Waals surface area contributed by atoms with Gasteiger partial charge >= 0.3 is 0 Å². The topological polar surface area (TPSA) is 12.0 Å². The van der Waals surface area contributed by atoms with E-state index >= 15 is 0 Å². The van der Waals surface area contributed by atoms with Gasteiger partial charge in [0, 0.05) is 6.04 Å². The Morgan fingerprint density at radius 3 is 2.56 bits per heavy atom. The minimum absolute atomic E-state index is 0.187. The predicted molar refractivity (Wildman–Crippen MR) is 36.1 cm³/mol. The molecule has 0 aromatic rings. The molecule has 1 rings (SSSR count). The fourth-order valence-corrected chi connectivity index (χ4v) is 0.762. The highest BCUT2D eigenvalue weighted by Gasteiger charge is 2.36. The molecule has 0 bridgehead atoms. The molecular weight excluding hydrogens is 117 g/mol. The van der Waals surface area contributed by atoms with E-state index in [9.17, 15) is 4.39 Å². The van der Waals surface area contributed by atoms with Crippen molar-refractivity contribution < 1.29 is 4.39 Å². The Kier molecular flexibility index (Phi) is 2.06. The highest BCUT2D eigenvalue weighted by Crippen LogP contribution is 2.24. The predicted octanol–water partition coefficient (Wildman–Crippen LogP) is 1.34. The van der Waals surface area contributed by atoms with Crippen LogP contribution in [0.5, 0.6) is 0 Å². The third-order valence-corrected chi connectivity index (χ3v) is 1.50. The zero-order chi connectivity index (χ0) is 6.85. The van der Waals surface area contributed by atoms with Gasteiger partial charge < -0.3 is 5.32 Å². The molecule has 2 atom stereocenters. The summed E-state index contributed by atoms with van der Waals surface area (Å²) >= 11 is 0. The third-order valence-electron chi connectivity index (χ3n) is 1.50. The van der Waals surface area contributed by atoms with Crippen LogP contribution in [0, 0.1) is 5.92 Å². The molecule has 54 valence electrons. The van der Waals surface area contributed by atoms with Crippen LogP contribution < -0.4 is 5.32 Å². The second-order valence-electron chi connectivity index (χ2n) is 3.16. The Bertz CT molecular complexity index is 92.9. The molecule has 1 fully saturated rings. The molecule has 9 heavy (non-hydrogen) atoms. The van der Waals surface area contributed by atoms with E-state index in [4.69, 9.17) is 0 Å². The second-order valence-corrected chi connectivity index (χ2v) is 3.16. The monoisotopic (exact) mass is 131 g/mol. The fourth-order valence-electron chi connectivity index (χ4n) is 0.762. The maximum absolute atomic E-state index is 12.2. The van der Waals surface area contributed by atoms with E-state index < -0.39 is 6.17 Å². The number of nitrogens with one attached hydrogen (secondary N) is 1. The molecular formula is C7H14FN. The lowest BCUT2D eigenvalue weighted by molar-refractivity contribution is 0.435. The molecule has 2 unspecified atom stereocenters. The minimum Gasteiger partial charge on any atom is -0.311 e. The van der Waals surface area contributed by atoms with Crippen LogP contribution in [0.1, 0.15) is 20.3 Å². The smallest absolute Gasteiger partial charge is 0.117 e. The van der Waals surface area contributed by atoms with Crippen LogP contribution in [-0.4, -0.2) is 18.8 Å². The summed E-state index contributed by atoms with van der Waals surface area (Å²) < 4.78 is 12.2. The maximum atomic E-state index is 12.2. The van der Waals surface area contributed by atoms with Gasteiger partial charge in [-0.25, -0.2) is 4.39 Å². The summed E-state index contributed by atoms with van der Waals surface area (Å²) in [6.07, 6.45) is 0.177. The normalized spacial score (nSPS) is 33.3. The zero-order valence-corrected chi connectivity index (χ0v) is 6.02. The Morgan fingerprint density at radius 1 is 1.67 bits per heavy atom. The Morgan fingerprint density at radius 2 is 2.22 bits per heavy atom. The van der Waals surface area contributed by atoms with Gasteiger partial charge in [-0.3, -0.25) is 0 Å². The van der Waals surface area contributed by atoms with E-state index in [2.05, 4.69) is 19.2 Å². The first-order valence-corrected chi connectivity index (χ1v) is 3.57. The van der Waals surface area contributed by atoms with Crippen molar-refractivity contribution >= 4 is 0 Å². The summed E-state index contributed by atoms with van der Waals surface area (Å²) in [4.78, 5) is 0. The van der Waals surface area contributed by atoms with Crippen molar-refractivity contribution in [1.29, 1.82) is 0 Å². The summed E-state index contributed by atoms with van der Waals surface area (Å²) in [6, 6.07) is 0.187. The Balaban J connectivity index is 1.94. The highest BCUT2D eigenvalue weighted by molar-refractivity contribution is 4.93. The zero-order valence-electron chi connectivity index (χ0n) is 6.02. The van der Waals surface area contributed by atoms with Gasteiger partial charge in [-0.1, -0.05) is 13.8 Å². The van der Waals surface area contributed by atoms with Crippen LogP contribution in [0.2, 0.25) is 0 Å². The van der Waals surface area contributed by atoms with Crippen molar-refractivity contribution in [3.63, 3.8) is 0 Å². The van der Waals surface area contributed by atoms with Gasteiger partial charge in [0.15, 0.2) is 0 Å². The van der Waals surface area contributed by atoms with Gasteiger partial charge in [-0.2, -0.15) is 0 Å². The molecule has 1 aliphatic carbocycles. The van der Waals surface area contributed by atoms with E-state index in [1.54, 1.807) is 0 Å². The summed E-state index contributed by atoms with van der Waals surface area (Å²) in [5, 5.41) is 3.13. The molecule has 0 amide bonds. The molecule has 0 saturated heterocycles. The van der Waals surface area contributed by atoms with E-state index in [-0.39, 0.29) is 6.04 Å². The molecule has 0 spiro atoms. The van der Waals surface area contributed by atoms with E-state index in [0.29, 0.717) is 5.92 Å². The average molecular weight is 131 g/mol. The van der Waals surface area contributed by atoms with Crippen molar-refractivity contribution in [2.45, 2.75) is 32.5 Å². The molecule has 0 aromatic carbocycles. The number of alkyl halides is 1. The van der Waals surface area contributed by atoms with Crippen LogP contribution in [0.3, 0.4) is 0 Å². The third kappa shape index (κ3) is 2.31. The van der Waals surface area contributed by atoms with Crippen LogP contribution in [-0.2, 0) is 0 Å². The maximum Gasteiger partial charge on any atom is 0.117 e. The van der Waals surface area contributed by atoms with E-state index in [1.165, 1.54) is 0 Å². The molecule has 1 aliphatic rings. The Hall–Kier alpha value is -0.110. The summed E-state index contributed by atoms with van der Waals surface area (Å²) in [5.41, 5.74) is 0. The quantitative estimate of drug-likeness (QED) is 0.609. The standard InChI is InChI=1S/C7H14FN/c1-5(2)4-9-7-3-6(7)8/h5-7,9H,3-4H2,1-2H3. The van der Waals surface area contributed by atoms with E-state index in [0.717, 1.165) is 13.0 Å². The lowest BCUT2D eigenvalue weighted by Crippen LogP contribution is -2.23. The lowest BCUT2D eigenvalue weighted by Gasteiger charge is -2.03. The molecule has 1 nitrogen and oxygen atoms in total. The molecule has 0 aliphatic heterocycles. The van der Waals surface area contributed by atoms with Crippen LogP contribution in [0.25, 0.3) is 0 Å². The van der Waals surface area contributed by atoms with Crippen LogP contribution in [0.15, 0.2) is 0 Å². The number of halogens is 1. The van der Waals surface area contributed by atoms with Gasteiger partial charge in [0.25, 0.3) is 0 Å². The van der Waals surface area contributed by atoms with Crippen LogP contribution in [0.4, 0.5) is 4.39 Å². The minimum atomic E-state index is -0.552. The van der Waals surface area contributed by atoms with Crippen molar-refractivity contribution in [1.82, 2.24) is 5.32 Å². The number of hydrogen-bond acceptors (Lipinski definition) is 1. The van der Waals surface area contributed by atoms with Gasteiger partial charge in [-0.15, -0.1) is 0 Å². The lowest BCUT2D eigenvalue weighted by atomic mass is 10.2. The highest BCUT2D eigenvalue weighted by atomic mass is 19.1. The first-order chi connectivity index (χ1) is 4.20. The largest absolute Gasteiger partial charge is 0.311 e. The number of rotatable bonds is 3. The van der Waals surface area contributed by atoms with Crippen molar-refractivity contribution in [3.8, 4) is 0 Å². The summed E-state index contributed by atoms with van der Waals surface area (Å²) in [6.45, 7) is 5.20. The SMILES string of the molecule is CC(C)CNC1CC1F. The van der Waals surface area contributed by atoms with Crippen molar-refractivity contribution in [2.75, 3.05) is 6.54 Å². The van der Waals surface area contributed by atoms with Gasteiger partial charge in [0.1, 0.15) is 6.17 Å². The average Bonchev–Trinajstić information content (AvgIpc) is 2.42. The van der Waals surface area contributed by atoms with Crippen LogP contribution >= 0.6 is 0 Å². The molecule has 1 N–H and O–H groups in total. The van der Waals surface area contributed by atoms with Gasteiger partial charge in [0.05, 0.1) is 0 Å². The first kappa shape index (κ1) is 7.00. The molecule has 1 saturated carbocycles.